The summed E-state index contributed by atoms with van der Waals surface area (Å²) in [7, 11) is 1.76. The Kier molecular flexibility index (Phi) is 5.12. The van der Waals surface area contributed by atoms with Crippen LogP contribution in [0, 0.1) is 0 Å². The van der Waals surface area contributed by atoms with E-state index in [9.17, 15) is 0 Å². The van der Waals surface area contributed by atoms with Crippen molar-refractivity contribution in [3.05, 3.63) is 11.6 Å². The Balaban J connectivity index is 3.55. The van der Waals surface area contributed by atoms with Crippen molar-refractivity contribution in [2.24, 2.45) is 10.7 Å². The van der Waals surface area contributed by atoms with Gasteiger partial charge >= 0.3 is 0 Å². The molecule has 2 heteroatoms. The van der Waals surface area contributed by atoms with Crippen LogP contribution in [-0.4, -0.2) is 19.8 Å². The summed E-state index contributed by atoms with van der Waals surface area (Å²) in [6, 6.07) is 0. The van der Waals surface area contributed by atoms with Gasteiger partial charge in [-0.15, -0.1) is 0 Å². The minimum Gasteiger partial charge on any atom is -0.330 e. The highest BCUT2D eigenvalue weighted by atomic mass is 14.6. The van der Waals surface area contributed by atoms with Crippen LogP contribution in [0.2, 0.25) is 0 Å². The van der Waals surface area contributed by atoms with E-state index < -0.39 is 0 Å². The second-order valence-electron chi connectivity index (χ2n) is 1.96. The van der Waals surface area contributed by atoms with Gasteiger partial charge in [0.1, 0.15) is 0 Å². The van der Waals surface area contributed by atoms with Crippen LogP contribution in [0.4, 0.5) is 0 Å². The SMILES string of the molecule is CN=C/C=C(\C)CCN. The predicted molar refractivity (Wildman–Crippen MR) is 41.8 cm³/mol. The van der Waals surface area contributed by atoms with Crippen LogP contribution in [0.15, 0.2) is 16.6 Å². The van der Waals surface area contributed by atoms with E-state index >= 15 is 0 Å². The van der Waals surface area contributed by atoms with Crippen molar-refractivity contribution in [2.45, 2.75) is 13.3 Å². The standard InChI is InChI=1S/C7H14N2/c1-7(3-5-8)4-6-9-2/h4,6H,3,5,8H2,1-2H3/b7-4+,9-6?. The molecule has 52 valence electrons. The summed E-state index contributed by atoms with van der Waals surface area (Å²) in [6.07, 6.45) is 4.73. The molecule has 2 nitrogen and oxygen atoms in total. The first kappa shape index (κ1) is 8.37. The number of aliphatic imine (C=N–C) groups is 1. The van der Waals surface area contributed by atoms with Crippen molar-refractivity contribution < 1.29 is 0 Å². The lowest BCUT2D eigenvalue weighted by Crippen LogP contribution is -1.98. The van der Waals surface area contributed by atoms with Crippen LogP contribution in [0.1, 0.15) is 13.3 Å². The Labute approximate surface area is 56.5 Å². The van der Waals surface area contributed by atoms with E-state index in [1.165, 1.54) is 5.57 Å². The fourth-order valence-electron chi connectivity index (χ4n) is 0.513. The molecule has 2 N–H and O–H groups in total. The quantitative estimate of drug-likeness (QED) is 0.562. The third-order valence-corrected chi connectivity index (χ3v) is 1.05. The van der Waals surface area contributed by atoms with E-state index in [0.717, 1.165) is 13.0 Å². The number of rotatable bonds is 3. The summed E-state index contributed by atoms with van der Waals surface area (Å²) in [6.45, 7) is 2.77. The molecule has 0 aromatic rings. The molecule has 0 amide bonds. The molecule has 0 heterocycles. The summed E-state index contributed by atoms with van der Waals surface area (Å²) in [5, 5.41) is 0. The van der Waals surface area contributed by atoms with Gasteiger partial charge in [-0.2, -0.15) is 0 Å². The van der Waals surface area contributed by atoms with Gasteiger partial charge in [-0.25, -0.2) is 0 Å². The normalized spacial score (nSPS) is 13.0. The average molecular weight is 126 g/mol. The molecule has 0 unspecified atom stereocenters. The minimum absolute atomic E-state index is 0.722. The lowest BCUT2D eigenvalue weighted by atomic mass is 10.2. The monoisotopic (exact) mass is 126 g/mol. The highest BCUT2D eigenvalue weighted by Gasteiger charge is 1.82. The molecule has 0 saturated heterocycles. The molecule has 0 aliphatic heterocycles. The first-order chi connectivity index (χ1) is 4.31. The molecule has 0 rings (SSSR count). The number of nitrogens with two attached hydrogens (primary N) is 1. The summed E-state index contributed by atoms with van der Waals surface area (Å²) >= 11 is 0. The molecule has 0 aliphatic rings. The molecule has 9 heavy (non-hydrogen) atoms. The minimum atomic E-state index is 0.722. The molecule has 0 radical (unpaired) electrons. The topological polar surface area (TPSA) is 38.4 Å². The lowest BCUT2D eigenvalue weighted by molar-refractivity contribution is 0.952. The van der Waals surface area contributed by atoms with Gasteiger partial charge in [0.25, 0.3) is 0 Å². The van der Waals surface area contributed by atoms with Gasteiger partial charge in [0.05, 0.1) is 0 Å². The van der Waals surface area contributed by atoms with E-state index in [0.29, 0.717) is 0 Å². The molecular weight excluding hydrogens is 112 g/mol. The van der Waals surface area contributed by atoms with Gasteiger partial charge in [-0.1, -0.05) is 5.57 Å². The van der Waals surface area contributed by atoms with Gasteiger partial charge in [0.2, 0.25) is 0 Å². The maximum atomic E-state index is 5.32. The van der Waals surface area contributed by atoms with E-state index in [1.807, 2.05) is 6.08 Å². The zero-order valence-electron chi connectivity index (χ0n) is 6.09. The lowest BCUT2D eigenvalue weighted by Gasteiger charge is -1.92. The molecule has 0 aromatic heterocycles. The van der Waals surface area contributed by atoms with E-state index in [1.54, 1.807) is 13.3 Å². The van der Waals surface area contributed by atoms with Crippen molar-refractivity contribution in [1.82, 2.24) is 0 Å². The summed E-state index contributed by atoms with van der Waals surface area (Å²) in [4.78, 5) is 3.82. The largest absolute Gasteiger partial charge is 0.330 e. The summed E-state index contributed by atoms with van der Waals surface area (Å²) < 4.78 is 0. The predicted octanol–water partition coefficient (Wildman–Crippen LogP) is 0.982. The Morgan fingerprint density at radius 2 is 2.33 bits per heavy atom. The fourth-order valence-corrected chi connectivity index (χ4v) is 0.513. The van der Waals surface area contributed by atoms with Gasteiger partial charge in [0.15, 0.2) is 0 Å². The maximum absolute atomic E-state index is 5.32. The molecule has 0 saturated carbocycles. The molecule has 0 bridgehead atoms. The Morgan fingerprint density at radius 1 is 1.67 bits per heavy atom. The number of hydrogen-bond donors (Lipinski definition) is 1. The first-order valence-corrected chi connectivity index (χ1v) is 3.09. The van der Waals surface area contributed by atoms with Crippen LogP contribution in [0.5, 0.6) is 0 Å². The Morgan fingerprint density at radius 3 is 2.78 bits per heavy atom. The summed E-state index contributed by atoms with van der Waals surface area (Å²) in [5.41, 5.74) is 6.60. The van der Waals surface area contributed by atoms with Gasteiger partial charge < -0.3 is 5.73 Å². The van der Waals surface area contributed by atoms with Crippen LogP contribution in [0.3, 0.4) is 0 Å². The average Bonchev–Trinajstić information content (AvgIpc) is 1.85. The number of nitrogens with zero attached hydrogens (tertiary/aromatic N) is 1. The second kappa shape index (κ2) is 5.51. The first-order valence-electron chi connectivity index (χ1n) is 3.09. The third-order valence-electron chi connectivity index (χ3n) is 1.05. The van der Waals surface area contributed by atoms with Gasteiger partial charge in [-0.3, -0.25) is 4.99 Å². The van der Waals surface area contributed by atoms with Crippen molar-refractivity contribution >= 4 is 6.21 Å². The van der Waals surface area contributed by atoms with Crippen molar-refractivity contribution in [1.29, 1.82) is 0 Å². The molecule has 0 atom stereocenters. The second-order valence-corrected chi connectivity index (χ2v) is 1.96. The van der Waals surface area contributed by atoms with Crippen molar-refractivity contribution in [3.8, 4) is 0 Å². The summed E-state index contributed by atoms with van der Waals surface area (Å²) in [5.74, 6) is 0. The van der Waals surface area contributed by atoms with Gasteiger partial charge in [0, 0.05) is 13.3 Å². The van der Waals surface area contributed by atoms with Crippen LogP contribution >= 0.6 is 0 Å². The third kappa shape index (κ3) is 5.24. The molecule has 0 aliphatic carbocycles. The molecule has 0 spiro atoms. The van der Waals surface area contributed by atoms with Crippen LogP contribution in [0.25, 0.3) is 0 Å². The van der Waals surface area contributed by atoms with Gasteiger partial charge in [-0.05, 0) is 26.0 Å². The Bertz CT molecular complexity index is 114. The molecular formula is C7H14N2. The zero-order chi connectivity index (χ0) is 7.11. The van der Waals surface area contributed by atoms with E-state index in [-0.39, 0.29) is 0 Å². The van der Waals surface area contributed by atoms with E-state index in [2.05, 4.69) is 11.9 Å². The zero-order valence-corrected chi connectivity index (χ0v) is 6.09. The smallest absolute Gasteiger partial charge is 0.0277 e. The molecule has 0 aromatic carbocycles. The Hall–Kier alpha value is -0.630. The maximum Gasteiger partial charge on any atom is 0.0277 e. The highest BCUT2D eigenvalue weighted by Crippen LogP contribution is 1.94. The van der Waals surface area contributed by atoms with Crippen LogP contribution in [-0.2, 0) is 0 Å². The van der Waals surface area contributed by atoms with Crippen molar-refractivity contribution in [3.63, 3.8) is 0 Å². The highest BCUT2D eigenvalue weighted by molar-refractivity contribution is 5.71. The molecule has 0 fully saturated rings. The van der Waals surface area contributed by atoms with Crippen molar-refractivity contribution in [2.75, 3.05) is 13.6 Å². The number of hydrogen-bond acceptors (Lipinski definition) is 2. The van der Waals surface area contributed by atoms with Crippen LogP contribution < -0.4 is 5.73 Å². The fraction of sp³-hybridized carbons (Fsp3) is 0.571. The van der Waals surface area contributed by atoms with E-state index in [4.69, 9.17) is 5.73 Å². The number of allylic oxidation sites excluding steroid dienone is 1.